The molecule has 0 bridgehead atoms. The van der Waals surface area contributed by atoms with Gasteiger partial charge in [0.1, 0.15) is 5.60 Å². The van der Waals surface area contributed by atoms with Crippen LogP contribution in [0, 0.1) is 27.7 Å². The van der Waals surface area contributed by atoms with Gasteiger partial charge < -0.3 is 30.9 Å². The summed E-state index contributed by atoms with van der Waals surface area (Å²) in [6, 6.07) is 24.0. The van der Waals surface area contributed by atoms with E-state index in [9.17, 15) is 24.0 Å². The fourth-order valence-corrected chi connectivity index (χ4v) is 15.1. The summed E-state index contributed by atoms with van der Waals surface area (Å²) < 4.78 is 5.54. The maximum Gasteiger partial charge on any atom is 0.410 e. The van der Waals surface area contributed by atoms with Gasteiger partial charge in [0, 0.05) is 95.7 Å². The van der Waals surface area contributed by atoms with Crippen LogP contribution in [0.15, 0.2) is 72.8 Å². The number of ketones is 2. The average molecular weight is 1200 g/mol. The van der Waals surface area contributed by atoms with Gasteiger partial charge in [0.25, 0.3) is 11.8 Å². The summed E-state index contributed by atoms with van der Waals surface area (Å²) in [6.07, 6.45) is 6.77. The number of anilines is 2. The first-order valence-corrected chi connectivity index (χ1v) is 31.6. The lowest BCUT2D eigenvalue weighted by atomic mass is 9.91. The minimum atomic E-state index is -0.562. The van der Waals surface area contributed by atoms with Crippen molar-refractivity contribution in [1.82, 2.24) is 35.5 Å². The van der Waals surface area contributed by atoms with Crippen molar-refractivity contribution in [3.8, 4) is 22.3 Å². The Labute approximate surface area is 507 Å². The summed E-state index contributed by atoms with van der Waals surface area (Å²) in [6.45, 7) is 18.0. The van der Waals surface area contributed by atoms with Crippen molar-refractivity contribution >= 4 is 86.2 Å². The third kappa shape index (κ3) is 13.2. The number of Topliss-reactive ketones (excluding diaryl/α,β-unsaturated/α-hetero) is 2. The summed E-state index contributed by atoms with van der Waals surface area (Å²) >= 11 is 5.85. The summed E-state index contributed by atoms with van der Waals surface area (Å²) in [7, 11) is 0. The first kappa shape index (κ1) is 60.0. The molecule has 7 heterocycles. The molecule has 4 aromatic heterocycles. The average Bonchev–Trinajstić information content (AvgIpc) is 4.39. The van der Waals surface area contributed by atoms with E-state index < -0.39 is 5.60 Å². The second-order valence-electron chi connectivity index (χ2n) is 22.5. The number of aryl methyl sites for hydroxylation is 2. The van der Waals surface area contributed by atoms with E-state index in [4.69, 9.17) is 4.74 Å². The fraction of sp³-hybridized carbons (Fsp3) is 0.369. The Kier molecular flexibility index (Phi) is 18.3. The number of hydrogen-bond donors (Lipinski definition) is 4. The Morgan fingerprint density at radius 3 is 1.43 bits per heavy atom. The summed E-state index contributed by atoms with van der Waals surface area (Å²) in [4.78, 5) is 90.1. The van der Waals surface area contributed by atoms with Gasteiger partial charge in [-0.15, -0.1) is 45.3 Å². The summed E-state index contributed by atoms with van der Waals surface area (Å²) in [5, 5.41) is 14.9. The number of thiazole rings is 4. The maximum absolute atomic E-state index is 13.5. The number of carbonyl (C=O) groups is 5. The molecule has 4 aromatic carbocycles. The highest BCUT2D eigenvalue weighted by atomic mass is 32.1. The molecule has 0 saturated carbocycles. The second-order valence-corrected chi connectivity index (χ2v) is 26.8. The van der Waals surface area contributed by atoms with Crippen LogP contribution in [-0.2, 0) is 69.3 Å². The molecule has 0 saturated heterocycles. The number of nitrogens with one attached hydrogen (secondary N) is 4. The molecule has 3 amide bonds. The van der Waals surface area contributed by atoms with Gasteiger partial charge in [-0.2, -0.15) is 0 Å². The van der Waals surface area contributed by atoms with Gasteiger partial charge in [0.05, 0.1) is 29.3 Å². The Morgan fingerprint density at radius 2 is 0.940 bits per heavy atom. The number of benzene rings is 4. The van der Waals surface area contributed by atoms with Gasteiger partial charge in [-0.25, -0.2) is 24.7 Å². The third-order valence-electron chi connectivity index (χ3n) is 15.6. The first-order chi connectivity index (χ1) is 39.9. The van der Waals surface area contributed by atoms with E-state index in [1.807, 2.05) is 96.1 Å². The highest BCUT2D eigenvalue weighted by molar-refractivity contribution is 7.14. The van der Waals surface area contributed by atoms with Gasteiger partial charge in [-0.3, -0.25) is 19.2 Å². The van der Waals surface area contributed by atoms with Crippen LogP contribution < -0.4 is 21.3 Å². The Morgan fingerprint density at radius 1 is 0.524 bits per heavy atom. The molecular formula is C65H71N9O6S4. The molecule has 0 fully saturated rings. The molecule has 436 valence electrons. The van der Waals surface area contributed by atoms with E-state index in [1.165, 1.54) is 55.1 Å². The number of carbonyl (C=O) groups excluding carboxylic acids is 5. The SMILES string of the molecule is C.Cc1c(CC(=O)c2nc3c(s2)CN(C(=O)OC(C)(C)C)CC3)cccc1-c1cccc(NC(=O)c2nc3c(s2)CCCC3)c1C.Cc1c(CC(=O)c2nc3c(s2)CNCC3)cccc1-c1cccc(NC(=O)c2nc3c(s2)CNCC3)c1C. The lowest BCUT2D eigenvalue weighted by Crippen LogP contribution is -2.39. The zero-order chi connectivity index (χ0) is 58.1. The van der Waals surface area contributed by atoms with Gasteiger partial charge in [0.2, 0.25) is 0 Å². The molecule has 12 rings (SSSR count). The normalized spacial score (nSPS) is 14.3. The van der Waals surface area contributed by atoms with E-state index in [-0.39, 0.29) is 43.3 Å². The molecular weight excluding hydrogens is 1130 g/mol. The van der Waals surface area contributed by atoms with Gasteiger partial charge in [-0.05, 0) is 142 Å². The number of hydrogen-bond acceptors (Lipinski definition) is 16. The van der Waals surface area contributed by atoms with Crippen LogP contribution in [0.5, 0.6) is 0 Å². The van der Waals surface area contributed by atoms with Crippen molar-refractivity contribution in [2.24, 2.45) is 0 Å². The third-order valence-corrected chi connectivity index (χ3v) is 20.2. The van der Waals surface area contributed by atoms with Crippen molar-refractivity contribution in [3.05, 3.63) is 168 Å². The molecule has 0 atom stereocenters. The van der Waals surface area contributed by atoms with E-state index in [0.29, 0.717) is 46.0 Å². The Bertz CT molecular complexity index is 3660. The molecule has 0 spiro atoms. The molecule has 3 aliphatic heterocycles. The van der Waals surface area contributed by atoms with Gasteiger partial charge in [0.15, 0.2) is 31.6 Å². The van der Waals surface area contributed by atoms with E-state index in [0.717, 1.165) is 164 Å². The van der Waals surface area contributed by atoms with Gasteiger partial charge >= 0.3 is 6.09 Å². The van der Waals surface area contributed by atoms with E-state index in [1.54, 1.807) is 4.90 Å². The topological polar surface area (TPSA) is 197 Å². The first-order valence-electron chi connectivity index (χ1n) is 28.3. The monoisotopic (exact) mass is 1200 g/mol. The number of rotatable bonds is 12. The van der Waals surface area contributed by atoms with Crippen LogP contribution >= 0.6 is 45.3 Å². The molecule has 8 aromatic rings. The number of amides is 3. The summed E-state index contributed by atoms with van der Waals surface area (Å²) in [5.41, 5.74) is 15.1. The Hall–Kier alpha value is -7.13. The van der Waals surface area contributed by atoms with E-state index >= 15 is 0 Å². The molecule has 0 radical (unpaired) electrons. The van der Waals surface area contributed by atoms with Crippen LogP contribution in [0.2, 0.25) is 0 Å². The second kappa shape index (κ2) is 25.6. The Balaban J connectivity index is 0.000000187. The number of fused-ring (bicyclic) bond motifs is 4. The number of nitrogens with zero attached hydrogens (tertiary/aromatic N) is 5. The molecule has 19 heteroatoms. The number of aromatic nitrogens is 4. The molecule has 4 N–H and O–H groups in total. The zero-order valence-corrected chi connectivity index (χ0v) is 51.1. The van der Waals surface area contributed by atoms with Crippen LogP contribution in [-0.4, -0.2) is 79.5 Å². The van der Waals surface area contributed by atoms with Crippen molar-refractivity contribution in [2.45, 2.75) is 139 Å². The molecule has 1 aliphatic carbocycles. The minimum Gasteiger partial charge on any atom is -0.444 e. The van der Waals surface area contributed by atoms with Crippen LogP contribution in [0.4, 0.5) is 16.2 Å². The molecule has 84 heavy (non-hydrogen) atoms. The lowest BCUT2D eigenvalue weighted by Gasteiger charge is -2.29. The summed E-state index contributed by atoms with van der Waals surface area (Å²) in [5.74, 6) is -0.334. The van der Waals surface area contributed by atoms with Crippen molar-refractivity contribution in [1.29, 1.82) is 0 Å². The van der Waals surface area contributed by atoms with Crippen molar-refractivity contribution in [3.63, 3.8) is 0 Å². The fourth-order valence-electron chi connectivity index (χ4n) is 11.0. The largest absolute Gasteiger partial charge is 0.444 e. The number of ether oxygens (including phenoxy) is 1. The quantitative estimate of drug-likeness (QED) is 0.0846. The smallest absolute Gasteiger partial charge is 0.410 e. The highest BCUT2D eigenvalue weighted by Gasteiger charge is 2.30. The van der Waals surface area contributed by atoms with Crippen molar-refractivity contribution < 1.29 is 28.7 Å². The van der Waals surface area contributed by atoms with Gasteiger partial charge in [-0.1, -0.05) is 68.1 Å². The van der Waals surface area contributed by atoms with Crippen LogP contribution in [0.25, 0.3) is 22.3 Å². The molecule has 4 aliphatic rings. The predicted octanol–water partition coefficient (Wildman–Crippen LogP) is 13.2. The van der Waals surface area contributed by atoms with Crippen molar-refractivity contribution in [2.75, 3.05) is 30.3 Å². The zero-order valence-electron chi connectivity index (χ0n) is 47.9. The maximum atomic E-state index is 13.5. The van der Waals surface area contributed by atoms with Crippen LogP contribution in [0.1, 0.15) is 156 Å². The molecule has 0 unspecified atom stereocenters. The molecule has 15 nitrogen and oxygen atoms in total. The standard InChI is InChI=1S/C35H38N4O4S2.C29H29N5O2S2.CH4/c1-20-22(18-28(40)32-37-27-16-17-39(19-30(27)45-32)34(42)43-35(3,4)5)10-8-11-23(20)24-12-9-14-25(21(24)2)36-31(41)33-38-26-13-6-7-15-29(26)44-33;1-16-18(13-24(35)28-33-22-9-11-30-14-25(22)37-28)5-3-6-19(16)20-7-4-8-21(17(20)2)32-27(36)29-34-23-10-12-31-15-26(23)38-29;/h8-12,14H,6-7,13,15-19H2,1-5H3,(H,36,41);3-8,30-31H,9-15H2,1-2H3,(H,32,36);1H4. The highest BCUT2D eigenvalue weighted by Crippen LogP contribution is 2.37. The minimum absolute atomic E-state index is 0. The van der Waals surface area contributed by atoms with E-state index in [2.05, 4.69) is 66.3 Å². The van der Waals surface area contributed by atoms with Crippen LogP contribution in [0.3, 0.4) is 0 Å². The predicted molar refractivity (Wildman–Crippen MR) is 338 cm³/mol. The lowest BCUT2D eigenvalue weighted by molar-refractivity contribution is 0.0225.